The number of nitrogens with zero attached hydrogens (tertiary/aromatic N) is 8. The maximum atomic E-state index is 6.02. The average Bonchev–Trinajstić information content (AvgIpc) is 1.55. The molecule has 8 nitrogen and oxygen atoms in total. The van der Waals surface area contributed by atoms with Crippen LogP contribution in [-0.2, 0) is 64.6 Å². The SMILES string of the molecule is C#Cc1c2nc(c(CCCCC)c3ccc([n-]3)c(C#C)c3nc(c(CCCCC)c4ccc1[n-]4)C=C3)C=C2.CCCCCc1c2nc(c(C#C[Si](C(C)C)(C(C)C)C(C)C)c3ccc([n-]3)c(CCCCC)c3nc(c(C#C[Si](C(C)C)(C(C)C)C(C)C)c4ccc1[n-]4)C=C3)C=C2.[Zn+2].[Zn+2]. The van der Waals surface area contributed by atoms with Gasteiger partial charge in [0, 0.05) is 22.3 Å². The molecule has 4 aliphatic heterocycles. The zero-order valence-electron chi connectivity index (χ0n) is 62.2. The summed E-state index contributed by atoms with van der Waals surface area (Å²) in [5, 5.41) is 0. The van der Waals surface area contributed by atoms with Crippen LogP contribution in [-0.4, -0.2) is 36.1 Å². The molecule has 0 spiro atoms. The largest absolute Gasteiger partial charge is 2.00 e. The Bertz CT molecular complexity index is 4180. The summed E-state index contributed by atoms with van der Waals surface area (Å²) in [6.45, 7) is 37.5. The molecule has 0 fully saturated rings. The van der Waals surface area contributed by atoms with Crippen molar-refractivity contribution in [1.29, 1.82) is 0 Å². The van der Waals surface area contributed by atoms with Crippen LogP contribution >= 0.6 is 0 Å². The van der Waals surface area contributed by atoms with Gasteiger partial charge in [-0.15, -0.1) is 68.1 Å². The predicted molar refractivity (Wildman–Crippen MR) is 418 cm³/mol. The third-order valence-corrected chi connectivity index (χ3v) is 33.2. The smallest absolute Gasteiger partial charge is 0.656 e. The Morgan fingerprint density at radius 1 is 0.306 bits per heavy atom. The van der Waals surface area contributed by atoms with Gasteiger partial charge in [0.05, 0.1) is 45.6 Å². The maximum absolute atomic E-state index is 6.02. The summed E-state index contributed by atoms with van der Waals surface area (Å²) >= 11 is 0. The molecule has 0 saturated heterocycles. The van der Waals surface area contributed by atoms with Crippen molar-refractivity contribution in [3.05, 3.63) is 139 Å². The van der Waals surface area contributed by atoms with Gasteiger partial charge in [-0.1, -0.05) is 234 Å². The Hall–Kier alpha value is -6.88. The van der Waals surface area contributed by atoms with Crippen LogP contribution in [0, 0.1) is 47.6 Å². The van der Waals surface area contributed by atoms with E-state index in [1.165, 1.54) is 11.1 Å². The minimum absolute atomic E-state index is 0. The molecule has 16 bridgehead atoms. The zero-order valence-corrected chi connectivity index (χ0v) is 70.1. The fourth-order valence-electron chi connectivity index (χ4n) is 15.4. The number of hydrogen-bond donors (Lipinski definition) is 0. The normalized spacial score (nSPS) is 12.4. The van der Waals surface area contributed by atoms with Gasteiger partial charge in [0.2, 0.25) is 0 Å². The first kappa shape index (κ1) is 78.5. The number of rotatable bonds is 22. The fraction of sp³-hybridized carbons (Fsp3) is 0.442. The van der Waals surface area contributed by atoms with Gasteiger partial charge >= 0.3 is 39.0 Å². The minimum atomic E-state index is -2.04. The summed E-state index contributed by atoms with van der Waals surface area (Å²) in [6.07, 6.45) is 45.9. The van der Waals surface area contributed by atoms with Gasteiger partial charge in [0.25, 0.3) is 0 Å². The van der Waals surface area contributed by atoms with Crippen LogP contribution in [0.25, 0.3) is 92.7 Å². The second-order valence-electron chi connectivity index (χ2n) is 28.6. The van der Waals surface area contributed by atoms with E-state index in [2.05, 4.69) is 194 Å². The number of terminal acetylenes is 2. The van der Waals surface area contributed by atoms with Crippen LogP contribution in [0.2, 0.25) is 33.2 Å². The molecular formula is C86H104N8Si2Zn2. The van der Waals surface area contributed by atoms with Crippen LogP contribution in [0.15, 0.2) is 48.5 Å². The molecule has 4 aliphatic rings. The molecule has 12 heteroatoms. The van der Waals surface area contributed by atoms with E-state index in [1.54, 1.807) is 0 Å². The summed E-state index contributed by atoms with van der Waals surface area (Å²) < 4.78 is 0. The molecule has 10 rings (SSSR count). The number of aromatic nitrogens is 8. The van der Waals surface area contributed by atoms with Gasteiger partial charge < -0.3 is 19.9 Å². The third-order valence-electron chi connectivity index (χ3n) is 20.6. The van der Waals surface area contributed by atoms with Crippen LogP contribution in [0.3, 0.4) is 0 Å². The monoisotopic (exact) mass is 1430 g/mol. The van der Waals surface area contributed by atoms with Crippen LogP contribution < -0.4 is 19.9 Å². The standard InChI is InChI=1S/C52H72N4Si2.C34H32N4.2Zn/c1-15-17-19-21-41-45-23-27-49(53-45)43(31-33-57(35(3)4,36(5)6)37(7)8)51-29-25-47(55-51)42(22-20-18-16-2)48-26-30-52(56-48)44(50-28-24-46(41)54-50)32-34-58(38(9)10,39(11)12)40(13)14;1-5-9-11-13-25-31-19-15-27(35-31)23(7-3)29-17-21-33(37-29)26(14-12-10-6-2)34-22-18-30(38-34)24(8-4)28-16-20-32(25)36-28;;/h23-30,35-40H,15-22H2,1-14H3;3-4,15-22H,5-6,9-14H2,1-2H3;;/q2*-2;2*+2. The van der Waals surface area contributed by atoms with Crippen molar-refractivity contribution >= 4 is 109 Å². The van der Waals surface area contributed by atoms with E-state index in [0.29, 0.717) is 44.4 Å². The minimum Gasteiger partial charge on any atom is -0.656 e. The van der Waals surface area contributed by atoms with Gasteiger partial charge in [-0.05, 0) is 155 Å². The van der Waals surface area contributed by atoms with Gasteiger partial charge in [-0.2, -0.15) is 0 Å². The first-order valence-corrected chi connectivity index (χ1v) is 40.8. The van der Waals surface area contributed by atoms with Gasteiger partial charge in [0.15, 0.2) is 0 Å². The molecule has 0 unspecified atom stereocenters. The zero-order chi connectivity index (χ0) is 68.8. The third kappa shape index (κ3) is 17.1. The Morgan fingerprint density at radius 3 is 0.724 bits per heavy atom. The quantitative estimate of drug-likeness (QED) is 0.0375. The number of fused-ring (bicyclic) bond motifs is 16. The maximum Gasteiger partial charge on any atom is 2.00 e. The Balaban J connectivity index is 0.000000292. The van der Waals surface area contributed by atoms with Gasteiger partial charge in [0.1, 0.15) is 16.1 Å². The average molecular weight is 1440 g/mol. The number of unbranched alkanes of at least 4 members (excludes halogenated alkanes) is 8. The summed E-state index contributed by atoms with van der Waals surface area (Å²) in [4.78, 5) is 41.7. The summed E-state index contributed by atoms with van der Waals surface area (Å²) in [5.41, 5.74) is 33.2. The molecule has 6 aromatic rings. The Morgan fingerprint density at radius 2 is 0.510 bits per heavy atom. The molecular weight excluding hydrogens is 1330 g/mol. The van der Waals surface area contributed by atoms with Crippen molar-refractivity contribution in [3.8, 4) is 47.6 Å². The molecule has 500 valence electrons. The molecule has 98 heavy (non-hydrogen) atoms. The van der Waals surface area contributed by atoms with Gasteiger partial charge in [-0.25, -0.2) is 19.9 Å². The van der Waals surface area contributed by atoms with Crippen molar-refractivity contribution in [3.63, 3.8) is 0 Å². The summed E-state index contributed by atoms with van der Waals surface area (Å²) in [5.74, 6) is 13.4. The molecule has 0 N–H and O–H groups in total. The van der Waals surface area contributed by atoms with E-state index in [0.717, 1.165) is 215 Å². The van der Waals surface area contributed by atoms with Crippen molar-refractivity contribution < 1.29 is 39.0 Å². The molecule has 0 saturated carbocycles. The van der Waals surface area contributed by atoms with E-state index >= 15 is 0 Å². The van der Waals surface area contributed by atoms with Crippen LogP contribution in [0.4, 0.5) is 0 Å². The number of hydrogen-bond acceptors (Lipinski definition) is 4. The first-order chi connectivity index (χ1) is 46.3. The second kappa shape index (κ2) is 35.9. The topological polar surface area (TPSA) is 108 Å². The molecule has 10 heterocycles. The summed E-state index contributed by atoms with van der Waals surface area (Å²) in [6, 6.07) is 16.8. The van der Waals surface area contributed by atoms with Crippen LogP contribution in [0.1, 0.15) is 278 Å². The van der Waals surface area contributed by atoms with E-state index in [4.69, 9.17) is 52.7 Å². The van der Waals surface area contributed by atoms with E-state index in [-0.39, 0.29) is 39.0 Å². The molecule has 0 aromatic carbocycles. The van der Waals surface area contributed by atoms with Crippen molar-refractivity contribution in [2.45, 2.75) is 247 Å². The van der Waals surface area contributed by atoms with Gasteiger partial charge in [-0.3, -0.25) is 0 Å². The fourth-order valence-corrected chi connectivity index (χ4v) is 25.8. The predicted octanol–water partition coefficient (Wildman–Crippen LogP) is 21.9. The molecule has 0 atom stereocenters. The van der Waals surface area contributed by atoms with Crippen molar-refractivity contribution in [2.75, 3.05) is 0 Å². The molecule has 0 radical (unpaired) electrons. The molecule has 6 aromatic heterocycles. The van der Waals surface area contributed by atoms with E-state index in [1.807, 2.05) is 48.6 Å². The van der Waals surface area contributed by atoms with Crippen molar-refractivity contribution in [1.82, 2.24) is 39.9 Å². The molecule has 0 amide bonds. The van der Waals surface area contributed by atoms with Crippen LogP contribution in [0.5, 0.6) is 0 Å². The summed E-state index contributed by atoms with van der Waals surface area (Å²) in [7, 11) is -4.08. The Kier molecular flexibility index (Phi) is 28.8. The molecule has 0 aliphatic carbocycles. The Labute approximate surface area is 616 Å². The van der Waals surface area contributed by atoms with Crippen molar-refractivity contribution in [2.24, 2.45) is 0 Å². The second-order valence-corrected chi connectivity index (χ2v) is 39.7. The van der Waals surface area contributed by atoms with E-state index < -0.39 is 16.1 Å². The first-order valence-electron chi connectivity index (χ1n) is 36.3. The number of aryl methyl sites for hydroxylation is 4. The van der Waals surface area contributed by atoms with E-state index in [9.17, 15) is 0 Å².